The van der Waals surface area contributed by atoms with E-state index in [9.17, 15) is 0 Å². The lowest BCUT2D eigenvalue weighted by Crippen LogP contribution is -2.00. The summed E-state index contributed by atoms with van der Waals surface area (Å²) < 4.78 is 12.6. The molecule has 0 aliphatic heterocycles. The number of fused-ring (bicyclic) bond motifs is 6. The minimum Gasteiger partial charge on any atom is -0.456 e. The Hall–Kier alpha value is -7.70. The Bertz CT molecular complexity index is 3220. The lowest BCUT2D eigenvalue weighted by molar-refractivity contribution is 0.623. The predicted molar refractivity (Wildman–Crippen MR) is 225 cm³/mol. The molecule has 3 heterocycles. The van der Waals surface area contributed by atoms with Gasteiger partial charge >= 0.3 is 0 Å². The zero-order valence-electron chi connectivity index (χ0n) is 29.9. The van der Waals surface area contributed by atoms with Gasteiger partial charge in [0.2, 0.25) is 5.89 Å². The molecule has 11 rings (SSSR count). The summed E-state index contributed by atoms with van der Waals surface area (Å²) in [7, 11) is 0. The number of benzene rings is 8. The van der Waals surface area contributed by atoms with Gasteiger partial charge in [0.15, 0.2) is 23.1 Å². The minimum atomic E-state index is 0.587. The molecule has 11 aromatic rings. The van der Waals surface area contributed by atoms with Crippen molar-refractivity contribution in [3.8, 4) is 67.9 Å². The Morgan fingerprint density at radius 1 is 0.339 bits per heavy atom. The van der Waals surface area contributed by atoms with E-state index in [0.717, 1.165) is 88.3 Å². The molecule has 0 unspecified atom stereocenters. The van der Waals surface area contributed by atoms with E-state index in [1.54, 1.807) is 0 Å². The number of hydrogen-bond donors (Lipinski definition) is 0. The molecule has 0 spiro atoms. The molecular weight excluding hydrogens is 689 g/mol. The molecule has 0 saturated heterocycles. The van der Waals surface area contributed by atoms with Crippen LogP contribution in [0.4, 0.5) is 0 Å². The summed E-state index contributed by atoms with van der Waals surface area (Å²) in [5, 5.41) is 4.18. The number of furan rings is 1. The Balaban J connectivity index is 1.02. The molecule has 56 heavy (non-hydrogen) atoms. The number of hydrogen-bond acceptors (Lipinski definition) is 6. The molecule has 0 N–H and O–H groups in total. The third-order valence-electron chi connectivity index (χ3n) is 10.4. The van der Waals surface area contributed by atoms with Gasteiger partial charge in [-0.2, -0.15) is 0 Å². The Kier molecular flexibility index (Phi) is 7.38. The monoisotopic (exact) mass is 718 g/mol. The molecule has 0 atom stereocenters. The van der Waals surface area contributed by atoms with E-state index < -0.39 is 0 Å². The summed E-state index contributed by atoms with van der Waals surface area (Å²) in [4.78, 5) is 20.0. The van der Waals surface area contributed by atoms with Crippen LogP contribution in [-0.2, 0) is 0 Å². The van der Waals surface area contributed by atoms with Gasteiger partial charge in [-0.3, -0.25) is 0 Å². The SMILES string of the molecule is c1ccc(-c2ccc(-c3nc(-c4ccc(-c5cccc6ccc7nc(-c8ccccc8)oc7c56)cc4)nc(-c4ccc5oc6ccccc6c5c4)n3)cc2)cc1. The molecule has 0 radical (unpaired) electrons. The van der Waals surface area contributed by atoms with E-state index in [4.69, 9.17) is 28.8 Å². The first-order valence-corrected chi connectivity index (χ1v) is 18.5. The van der Waals surface area contributed by atoms with Crippen molar-refractivity contribution >= 4 is 43.8 Å². The van der Waals surface area contributed by atoms with Crippen LogP contribution in [0.2, 0.25) is 0 Å². The summed E-state index contributed by atoms with van der Waals surface area (Å²) in [6.45, 7) is 0. The van der Waals surface area contributed by atoms with Crippen LogP contribution in [0, 0.1) is 0 Å². The number of rotatable bonds is 6. The fourth-order valence-electron chi connectivity index (χ4n) is 7.57. The second kappa shape index (κ2) is 13.0. The minimum absolute atomic E-state index is 0.587. The summed E-state index contributed by atoms with van der Waals surface area (Å²) in [6.07, 6.45) is 0. The van der Waals surface area contributed by atoms with Crippen LogP contribution in [0.5, 0.6) is 0 Å². The smallest absolute Gasteiger partial charge is 0.227 e. The van der Waals surface area contributed by atoms with Crippen LogP contribution in [0.1, 0.15) is 0 Å². The van der Waals surface area contributed by atoms with Crippen molar-refractivity contribution in [1.82, 2.24) is 19.9 Å². The summed E-state index contributed by atoms with van der Waals surface area (Å²) in [6, 6.07) is 61.8. The van der Waals surface area contributed by atoms with E-state index in [-0.39, 0.29) is 0 Å². The maximum atomic E-state index is 6.47. The standard InChI is InChI=1S/C50H30N4O2/c1-3-10-31(11-4-1)32-18-22-35(23-19-32)47-52-48(54-49(53-47)38-27-29-44-41(30-38)40-15-7-8-17-43(40)55-44)36-24-20-33(21-25-36)39-16-9-14-34-26-28-42-46(45(34)39)56-50(51-42)37-12-5-2-6-13-37/h1-30H. The third kappa shape index (κ3) is 5.51. The number of para-hydroxylation sites is 1. The summed E-state index contributed by atoms with van der Waals surface area (Å²) in [5.74, 6) is 2.38. The number of nitrogens with zero attached hydrogens (tertiary/aromatic N) is 4. The van der Waals surface area contributed by atoms with Crippen molar-refractivity contribution in [2.75, 3.05) is 0 Å². The van der Waals surface area contributed by atoms with Crippen LogP contribution in [-0.4, -0.2) is 19.9 Å². The highest BCUT2D eigenvalue weighted by Crippen LogP contribution is 2.38. The maximum Gasteiger partial charge on any atom is 0.227 e. The first kappa shape index (κ1) is 31.8. The fraction of sp³-hybridized carbons (Fsp3) is 0. The van der Waals surface area contributed by atoms with E-state index in [1.165, 1.54) is 0 Å². The highest BCUT2D eigenvalue weighted by atomic mass is 16.3. The molecule has 6 heteroatoms. The molecule has 6 nitrogen and oxygen atoms in total. The lowest BCUT2D eigenvalue weighted by Gasteiger charge is -2.11. The molecule has 8 aromatic carbocycles. The van der Waals surface area contributed by atoms with Crippen LogP contribution < -0.4 is 0 Å². The number of aromatic nitrogens is 4. The highest BCUT2D eigenvalue weighted by molar-refractivity contribution is 6.11. The predicted octanol–water partition coefficient (Wildman–Crippen LogP) is 13.1. The van der Waals surface area contributed by atoms with Gasteiger partial charge in [-0.1, -0.05) is 140 Å². The van der Waals surface area contributed by atoms with E-state index in [0.29, 0.717) is 23.4 Å². The Morgan fingerprint density at radius 3 is 1.64 bits per heavy atom. The van der Waals surface area contributed by atoms with Gasteiger partial charge in [0, 0.05) is 38.4 Å². The quantitative estimate of drug-likeness (QED) is 0.170. The fourth-order valence-corrected chi connectivity index (χ4v) is 7.57. The number of oxazole rings is 1. The Morgan fingerprint density at radius 2 is 0.911 bits per heavy atom. The normalized spacial score (nSPS) is 11.6. The molecule has 0 bridgehead atoms. The van der Waals surface area contributed by atoms with Crippen LogP contribution in [0.25, 0.3) is 112 Å². The second-order valence-corrected chi connectivity index (χ2v) is 13.8. The summed E-state index contributed by atoms with van der Waals surface area (Å²) >= 11 is 0. The molecule has 262 valence electrons. The molecule has 3 aromatic heterocycles. The van der Waals surface area contributed by atoms with Crippen LogP contribution >= 0.6 is 0 Å². The average molecular weight is 719 g/mol. The molecule has 0 aliphatic carbocycles. The van der Waals surface area contributed by atoms with Crippen molar-refractivity contribution in [2.45, 2.75) is 0 Å². The van der Waals surface area contributed by atoms with Crippen molar-refractivity contribution in [3.63, 3.8) is 0 Å². The average Bonchev–Trinajstić information content (AvgIpc) is 3.89. The van der Waals surface area contributed by atoms with Gasteiger partial charge in [0.1, 0.15) is 16.7 Å². The maximum absolute atomic E-state index is 6.47. The van der Waals surface area contributed by atoms with Crippen molar-refractivity contribution in [1.29, 1.82) is 0 Å². The van der Waals surface area contributed by atoms with Crippen molar-refractivity contribution < 1.29 is 8.83 Å². The molecule has 0 amide bonds. The van der Waals surface area contributed by atoms with E-state index >= 15 is 0 Å². The topological polar surface area (TPSA) is 77.8 Å². The Labute approximate surface area is 321 Å². The van der Waals surface area contributed by atoms with Gasteiger partial charge < -0.3 is 8.83 Å². The zero-order valence-corrected chi connectivity index (χ0v) is 29.9. The zero-order chi connectivity index (χ0) is 37.0. The third-order valence-corrected chi connectivity index (χ3v) is 10.4. The van der Waals surface area contributed by atoms with Gasteiger partial charge in [0.25, 0.3) is 0 Å². The van der Waals surface area contributed by atoms with E-state index in [1.807, 2.05) is 72.8 Å². The summed E-state index contributed by atoms with van der Waals surface area (Å²) in [5.41, 5.74) is 11.3. The molecule has 0 aliphatic rings. The first-order chi connectivity index (χ1) is 27.7. The lowest BCUT2D eigenvalue weighted by atomic mass is 9.96. The van der Waals surface area contributed by atoms with Crippen molar-refractivity contribution in [2.24, 2.45) is 0 Å². The molecule has 0 fully saturated rings. The van der Waals surface area contributed by atoms with Gasteiger partial charge in [-0.25, -0.2) is 19.9 Å². The van der Waals surface area contributed by atoms with Gasteiger partial charge in [-0.15, -0.1) is 0 Å². The first-order valence-electron chi connectivity index (χ1n) is 18.5. The molecular formula is C50H30N4O2. The van der Waals surface area contributed by atoms with Crippen LogP contribution in [0.3, 0.4) is 0 Å². The van der Waals surface area contributed by atoms with E-state index in [2.05, 4.69) is 109 Å². The largest absolute Gasteiger partial charge is 0.456 e. The van der Waals surface area contributed by atoms with Gasteiger partial charge in [0.05, 0.1) is 0 Å². The van der Waals surface area contributed by atoms with Gasteiger partial charge in [-0.05, 0) is 70.1 Å². The molecule has 0 saturated carbocycles. The van der Waals surface area contributed by atoms with Crippen LogP contribution in [0.15, 0.2) is 191 Å². The van der Waals surface area contributed by atoms with Crippen molar-refractivity contribution in [3.05, 3.63) is 182 Å². The highest BCUT2D eigenvalue weighted by Gasteiger charge is 2.17. The second-order valence-electron chi connectivity index (χ2n) is 13.8.